The van der Waals surface area contributed by atoms with Gasteiger partial charge in [-0.25, -0.2) is 4.79 Å². The third-order valence-corrected chi connectivity index (χ3v) is 5.96. The van der Waals surface area contributed by atoms with E-state index in [4.69, 9.17) is 16.3 Å². The Balaban J connectivity index is 1.59. The lowest BCUT2D eigenvalue weighted by atomic mass is 10.0. The Morgan fingerprint density at radius 3 is 2.85 bits per heavy atom. The summed E-state index contributed by atoms with van der Waals surface area (Å²) in [4.78, 5) is 27.4. The molecular weight excluding hydrogens is 374 g/mol. The topological polar surface area (TPSA) is 70.7 Å². The minimum Gasteiger partial charge on any atom is -0.450 e. The largest absolute Gasteiger partial charge is 0.450 e. The molecule has 6 nitrogen and oxygen atoms in total. The summed E-state index contributed by atoms with van der Waals surface area (Å²) in [5.74, 6) is -0.0826. The van der Waals surface area contributed by atoms with Crippen molar-refractivity contribution in [1.29, 1.82) is 0 Å². The van der Waals surface area contributed by atoms with E-state index in [1.807, 2.05) is 12.1 Å². The number of halogens is 1. The predicted octanol–water partition coefficient (Wildman–Crippen LogP) is 3.77. The maximum absolute atomic E-state index is 12.7. The summed E-state index contributed by atoms with van der Waals surface area (Å²) < 4.78 is 5.09. The van der Waals surface area contributed by atoms with Gasteiger partial charge < -0.3 is 20.3 Å². The lowest BCUT2D eigenvalue weighted by molar-refractivity contribution is 0.0934. The zero-order valence-electron chi connectivity index (χ0n) is 14.2. The Morgan fingerprint density at radius 1 is 1.35 bits per heavy atom. The number of fused-ring (bicyclic) bond motifs is 3. The predicted molar refractivity (Wildman–Crippen MR) is 101 cm³/mol. The number of hydrogen-bond acceptors (Lipinski definition) is 5. The smallest absolute Gasteiger partial charge is 0.410 e. The number of nitrogens with zero attached hydrogens (tertiary/aromatic N) is 1. The third kappa shape index (κ3) is 3.01. The van der Waals surface area contributed by atoms with E-state index in [2.05, 4.69) is 10.6 Å². The molecule has 1 aromatic heterocycles. The number of rotatable bonds is 2. The highest BCUT2D eigenvalue weighted by Crippen LogP contribution is 2.40. The quantitative estimate of drug-likeness (QED) is 0.817. The van der Waals surface area contributed by atoms with Gasteiger partial charge in [-0.05, 0) is 36.6 Å². The Kier molecular flexibility index (Phi) is 4.50. The van der Waals surface area contributed by atoms with Gasteiger partial charge in [0.2, 0.25) is 0 Å². The molecule has 3 heterocycles. The van der Waals surface area contributed by atoms with Crippen molar-refractivity contribution in [3.8, 4) is 0 Å². The monoisotopic (exact) mass is 391 g/mol. The van der Waals surface area contributed by atoms with E-state index in [-0.39, 0.29) is 18.2 Å². The van der Waals surface area contributed by atoms with E-state index in [9.17, 15) is 9.59 Å². The summed E-state index contributed by atoms with van der Waals surface area (Å²) in [7, 11) is 0. The van der Waals surface area contributed by atoms with Crippen LogP contribution in [-0.4, -0.2) is 30.1 Å². The maximum atomic E-state index is 12.7. The summed E-state index contributed by atoms with van der Waals surface area (Å²) in [6.07, 6.45) is 0.0512. The molecule has 2 aliphatic rings. The van der Waals surface area contributed by atoms with E-state index in [1.54, 1.807) is 24.0 Å². The highest BCUT2D eigenvalue weighted by molar-refractivity contribution is 7.16. The molecule has 0 radical (unpaired) electrons. The highest BCUT2D eigenvalue weighted by Gasteiger charge is 2.34. The number of amides is 2. The van der Waals surface area contributed by atoms with Crippen molar-refractivity contribution in [2.75, 3.05) is 18.5 Å². The Hall–Kier alpha value is -2.25. The second kappa shape index (κ2) is 6.81. The van der Waals surface area contributed by atoms with Gasteiger partial charge in [-0.15, -0.1) is 11.3 Å². The fourth-order valence-electron chi connectivity index (χ4n) is 3.31. The van der Waals surface area contributed by atoms with Crippen LogP contribution in [0.1, 0.15) is 39.5 Å². The van der Waals surface area contributed by atoms with Crippen molar-refractivity contribution < 1.29 is 14.3 Å². The molecule has 2 amide bonds. The molecule has 2 aromatic rings. The van der Waals surface area contributed by atoms with E-state index >= 15 is 0 Å². The average Bonchev–Trinajstić information content (AvgIpc) is 3.00. The first-order chi connectivity index (χ1) is 12.6. The number of anilines is 1. The standard InChI is InChI=1S/C18H18ClN3O3S/c1-2-25-18(24)22-8-7-12-13(9-22)26-17-14(12)16(23)20-15(21-17)10-3-5-11(19)6-4-10/h3-6,15,21H,2,7-9H2,1H3,(H,20,23)/t15-/m1/s1. The molecule has 136 valence electrons. The fraction of sp³-hybridized carbons (Fsp3) is 0.333. The first-order valence-corrected chi connectivity index (χ1v) is 9.65. The third-order valence-electron chi connectivity index (χ3n) is 4.56. The Bertz CT molecular complexity index is 865. The SMILES string of the molecule is CCOC(=O)N1CCc2c(sc3c2C(=O)N[C@@H](c2ccc(Cl)cc2)N3)C1. The molecule has 0 aliphatic carbocycles. The van der Waals surface area contributed by atoms with Gasteiger partial charge in [0.25, 0.3) is 5.91 Å². The van der Waals surface area contributed by atoms with E-state index < -0.39 is 0 Å². The van der Waals surface area contributed by atoms with Gasteiger partial charge in [-0.2, -0.15) is 0 Å². The van der Waals surface area contributed by atoms with E-state index in [0.29, 0.717) is 36.7 Å². The van der Waals surface area contributed by atoms with Crippen LogP contribution >= 0.6 is 22.9 Å². The van der Waals surface area contributed by atoms with Crippen LogP contribution in [0.15, 0.2) is 24.3 Å². The molecule has 1 atom stereocenters. The van der Waals surface area contributed by atoms with Crippen molar-refractivity contribution in [2.24, 2.45) is 0 Å². The van der Waals surface area contributed by atoms with Gasteiger partial charge in [-0.1, -0.05) is 23.7 Å². The zero-order chi connectivity index (χ0) is 18.3. The molecule has 1 aromatic carbocycles. The highest BCUT2D eigenvalue weighted by atomic mass is 35.5. The van der Waals surface area contributed by atoms with Gasteiger partial charge in [0.15, 0.2) is 0 Å². The van der Waals surface area contributed by atoms with E-state index in [0.717, 1.165) is 21.0 Å². The first kappa shape index (κ1) is 17.2. The summed E-state index contributed by atoms with van der Waals surface area (Å²) in [5.41, 5.74) is 2.68. The van der Waals surface area contributed by atoms with Crippen LogP contribution in [0.5, 0.6) is 0 Å². The molecule has 2 N–H and O–H groups in total. The number of carbonyl (C=O) groups excluding carboxylic acids is 2. The van der Waals surface area contributed by atoms with Gasteiger partial charge in [-0.3, -0.25) is 4.79 Å². The molecule has 4 rings (SSSR count). The number of carbonyl (C=O) groups is 2. The maximum Gasteiger partial charge on any atom is 0.410 e. The van der Waals surface area contributed by atoms with Crippen LogP contribution in [0.4, 0.5) is 9.80 Å². The average molecular weight is 392 g/mol. The number of ether oxygens (including phenoxy) is 1. The minimum atomic E-state index is -0.305. The van der Waals surface area contributed by atoms with Crippen molar-refractivity contribution in [3.05, 3.63) is 50.9 Å². The second-order valence-corrected chi connectivity index (χ2v) is 7.72. The molecule has 0 spiro atoms. The molecule has 8 heteroatoms. The summed E-state index contributed by atoms with van der Waals surface area (Å²) in [5, 5.41) is 7.91. The number of nitrogens with one attached hydrogen (secondary N) is 2. The van der Waals surface area contributed by atoms with Gasteiger partial charge in [0.05, 0.1) is 18.7 Å². The van der Waals surface area contributed by atoms with Gasteiger partial charge >= 0.3 is 6.09 Å². The molecule has 26 heavy (non-hydrogen) atoms. The molecule has 0 saturated carbocycles. The summed E-state index contributed by atoms with van der Waals surface area (Å²) in [6.45, 7) is 3.19. The van der Waals surface area contributed by atoms with E-state index in [1.165, 1.54) is 11.3 Å². The van der Waals surface area contributed by atoms with Crippen LogP contribution in [0, 0.1) is 0 Å². The van der Waals surface area contributed by atoms with Crippen molar-refractivity contribution in [1.82, 2.24) is 10.2 Å². The second-order valence-electron chi connectivity index (χ2n) is 6.18. The van der Waals surface area contributed by atoms with Crippen LogP contribution < -0.4 is 10.6 Å². The van der Waals surface area contributed by atoms with Crippen LogP contribution in [0.3, 0.4) is 0 Å². The number of hydrogen-bond donors (Lipinski definition) is 2. The van der Waals surface area contributed by atoms with Crippen LogP contribution in [0.25, 0.3) is 0 Å². The van der Waals surface area contributed by atoms with Crippen LogP contribution in [0.2, 0.25) is 5.02 Å². The van der Waals surface area contributed by atoms with Crippen LogP contribution in [-0.2, 0) is 17.7 Å². The van der Waals surface area contributed by atoms with Gasteiger partial charge in [0, 0.05) is 16.4 Å². The zero-order valence-corrected chi connectivity index (χ0v) is 15.7. The number of benzene rings is 1. The van der Waals surface area contributed by atoms with Crippen molar-refractivity contribution in [2.45, 2.75) is 26.1 Å². The molecule has 0 saturated heterocycles. The number of thiophene rings is 1. The van der Waals surface area contributed by atoms with Gasteiger partial charge in [0.1, 0.15) is 11.2 Å². The lowest BCUT2D eigenvalue weighted by Gasteiger charge is -2.28. The first-order valence-electron chi connectivity index (χ1n) is 8.46. The van der Waals surface area contributed by atoms with Crippen molar-refractivity contribution >= 4 is 39.9 Å². The summed E-state index contributed by atoms with van der Waals surface area (Å²) >= 11 is 7.48. The Labute approximate surface area is 160 Å². The molecular formula is C18H18ClN3O3S. The lowest BCUT2D eigenvalue weighted by Crippen LogP contribution is -2.39. The fourth-order valence-corrected chi connectivity index (χ4v) is 4.72. The Morgan fingerprint density at radius 2 is 2.12 bits per heavy atom. The molecule has 0 bridgehead atoms. The summed E-state index contributed by atoms with van der Waals surface area (Å²) in [6, 6.07) is 7.39. The molecule has 0 unspecified atom stereocenters. The molecule has 2 aliphatic heterocycles. The normalized spacial score (nSPS) is 18.5. The molecule has 0 fully saturated rings. The van der Waals surface area contributed by atoms with Crippen molar-refractivity contribution in [3.63, 3.8) is 0 Å². The minimum absolute atomic E-state index is 0.0826.